The average Bonchev–Trinajstić information content (AvgIpc) is 2.70. The molecule has 6 heteroatoms. The van der Waals surface area contributed by atoms with E-state index < -0.39 is 0 Å². The second-order valence-electron chi connectivity index (χ2n) is 7.63. The van der Waals surface area contributed by atoms with E-state index in [0.717, 1.165) is 31.2 Å². The van der Waals surface area contributed by atoms with Gasteiger partial charge >= 0.3 is 0 Å². The minimum absolute atomic E-state index is 0.0836. The van der Waals surface area contributed by atoms with Crippen LogP contribution in [0.4, 0.5) is 0 Å². The Hall–Kier alpha value is -2.63. The predicted octanol–water partition coefficient (Wildman–Crippen LogP) is 3.66. The molecular weight excluding hydrogens is 354 g/mol. The highest BCUT2D eigenvalue weighted by molar-refractivity contribution is 5.78. The van der Waals surface area contributed by atoms with E-state index in [0.29, 0.717) is 24.1 Å². The molecule has 3 rings (SSSR count). The molecule has 1 aliphatic carbocycles. The van der Waals surface area contributed by atoms with Gasteiger partial charge in [0.1, 0.15) is 6.10 Å². The van der Waals surface area contributed by atoms with Crippen molar-refractivity contribution in [1.82, 2.24) is 15.3 Å². The van der Waals surface area contributed by atoms with E-state index in [1.165, 1.54) is 5.56 Å². The van der Waals surface area contributed by atoms with Crippen LogP contribution in [0.25, 0.3) is 0 Å². The van der Waals surface area contributed by atoms with Gasteiger partial charge < -0.3 is 14.8 Å². The number of nitrogens with one attached hydrogen (secondary N) is 1. The van der Waals surface area contributed by atoms with E-state index in [2.05, 4.69) is 53.4 Å². The molecule has 1 N–H and O–H groups in total. The van der Waals surface area contributed by atoms with E-state index in [-0.39, 0.29) is 18.1 Å². The number of hydrogen-bond donors (Lipinski definition) is 1. The van der Waals surface area contributed by atoms with Crippen LogP contribution in [0.3, 0.4) is 0 Å². The second kappa shape index (κ2) is 9.53. The molecule has 0 spiro atoms. The Morgan fingerprint density at radius 1 is 1.11 bits per heavy atom. The Morgan fingerprint density at radius 2 is 1.79 bits per heavy atom. The quantitative estimate of drug-likeness (QED) is 0.790. The summed E-state index contributed by atoms with van der Waals surface area (Å²) in [6.45, 7) is 4.34. The van der Waals surface area contributed by atoms with Crippen LogP contribution in [0.15, 0.2) is 36.7 Å². The zero-order chi connectivity index (χ0) is 19.9. The standard InChI is InChI=1S/C22H29N3O3/c1-15(2)17-6-4-16(5-7-17)12-20(26)24-18-8-10-19(11-9-18)28-22-14-23-13-21(25-22)27-3/h4-7,13-15,18-19H,8-12H2,1-3H3,(H,24,26). The molecule has 1 aromatic heterocycles. The fraction of sp³-hybridized carbons (Fsp3) is 0.500. The summed E-state index contributed by atoms with van der Waals surface area (Å²) in [4.78, 5) is 20.7. The first-order valence-corrected chi connectivity index (χ1v) is 9.94. The van der Waals surface area contributed by atoms with Gasteiger partial charge in [0.05, 0.1) is 25.9 Å². The molecule has 1 fully saturated rings. The van der Waals surface area contributed by atoms with Crippen molar-refractivity contribution >= 4 is 5.91 Å². The zero-order valence-corrected chi connectivity index (χ0v) is 16.9. The summed E-state index contributed by atoms with van der Waals surface area (Å²) in [7, 11) is 1.56. The Morgan fingerprint density at radius 3 is 2.43 bits per heavy atom. The van der Waals surface area contributed by atoms with Crippen LogP contribution in [0.2, 0.25) is 0 Å². The summed E-state index contributed by atoms with van der Waals surface area (Å²) in [6, 6.07) is 8.52. The van der Waals surface area contributed by atoms with Crippen LogP contribution in [0.5, 0.6) is 11.8 Å². The van der Waals surface area contributed by atoms with E-state index in [4.69, 9.17) is 9.47 Å². The van der Waals surface area contributed by atoms with Crippen molar-refractivity contribution in [3.05, 3.63) is 47.8 Å². The van der Waals surface area contributed by atoms with Gasteiger partial charge in [0, 0.05) is 6.04 Å². The molecule has 150 valence electrons. The normalized spacial score (nSPS) is 19.3. The van der Waals surface area contributed by atoms with Crippen molar-refractivity contribution in [3.63, 3.8) is 0 Å². The lowest BCUT2D eigenvalue weighted by molar-refractivity contribution is -0.121. The number of amides is 1. The summed E-state index contributed by atoms with van der Waals surface area (Å²) >= 11 is 0. The molecule has 1 aliphatic rings. The van der Waals surface area contributed by atoms with Crippen LogP contribution < -0.4 is 14.8 Å². The molecule has 0 radical (unpaired) electrons. The molecular formula is C22H29N3O3. The van der Waals surface area contributed by atoms with Gasteiger partial charge in [0.2, 0.25) is 17.7 Å². The Bertz CT molecular complexity index is 769. The molecule has 1 saturated carbocycles. The average molecular weight is 383 g/mol. The van der Waals surface area contributed by atoms with E-state index in [1.54, 1.807) is 19.5 Å². The van der Waals surface area contributed by atoms with Gasteiger partial charge in [0.15, 0.2) is 0 Å². The number of rotatable bonds is 7. The molecule has 0 aliphatic heterocycles. The third-order valence-corrected chi connectivity index (χ3v) is 5.14. The molecule has 28 heavy (non-hydrogen) atoms. The van der Waals surface area contributed by atoms with Crippen molar-refractivity contribution in [1.29, 1.82) is 0 Å². The Kier molecular flexibility index (Phi) is 6.85. The maximum atomic E-state index is 12.4. The van der Waals surface area contributed by atoms with E-state index in [9.17, 15) is 4.79 Å². The molecule has 0 bridgehead atoms. The van der Waals surface area contributed by atoms with Crippen LogP contribution in [0.1, 0.15) is 56.6 Å². The number of carbonyl (C=O) groups excluding carboxylic acids is 1. The number of nitrogens with zero attached hydrogens (tertiary/aromatic N) is 2. The van der Waals surface area contributed by atoms with Crippen LogP contribution >= 0.6 is 0 Å². The SMILES string of the molecule is COc1cncc(OC2CCC(NC(=O)Cc3ccc(C(C)C)cc3)CC2)n1. The van der Waals surface area contributed by atoms with Crippen LogP contribution in [-0.4, -0.2) is 35.1 Å². The van der Waals surface area contributed by atoms with Gasteiger partial charge in [-0.2, -0.15) is 4.98 Å². The van der Waals surface area contributed by atoms with Crippen molar-refractivity contribution < 1.29 is 14.3 Å². The lowest BCUT2D eigenvalue weighted by atomic mass is 9.92. The zero-order valence-electron chi connectivity index (χ0n) is 16.9. The minimum atomic E-state index is 0.0836. The number of aromatic nitrogens is 2. The first kappa shape index (κ1) is 20.1. The number of benzene rings is 1. The van der Waals surface area contributed by atoms with Crippen LogP contribution in [0, 0.1) is 0 Å². The number of carbonyl (C=O) groups is 1. The largest absolute Gasteiger partial charge is 0.480 e. The first-order valence-electron chi connectivity index (χ1n) is 9.94. The topological polar surface area (TPSA) is 73.3 Å². The van der Waals surface area contributed by atoms with Gasteiger partial charge in [-0.1, -0.05) is 38.1 Å². The van der Waals surface area contributed by atoms with Gasteiger partial charge in [0.25, 0.3) is 0 Å². The third kappa shape index (κ3) is 5.68. The van der Waals surface area contributed by atoms with Gasteiger partial charge in [-0.05, 0) is 42.7 Å². The minimum Gasteiger partial charge on any atom is -0.480 e. The first-order chi connectivity index (χ1) is 13.5. The van der Waals surface area contributed by atoms with Gasteiger partial charge in [-0.25, -0.2) is 0 Å². The van der Waals surface area contributed by atoms with Crippen molar-refractivity contribution in [2.45, 2.75) is 64.0 Å². The molecule has 0 unspecified atom stereocenters. The lowest BCUT2D eigenvalue weighted by Crippen LogP contribution is -2.40. The summed E-state index contributed by atoms with van der Waals surface area (Å²) in [5, 5.41) is 3.16. The molecule has 2 aromatic rings. The fourth-order valence-electron chi connectivity index (χ4n) is 3.47. The second-order valence-corrected chi connectivity index (χ2v) is 7.63. The Balaban J connectivity index is 1.42. The predicted molar refractivity (Wildman–Crippen MR) is 108 cm³/mol. The van der Waals surface area contributed by atoms with Crippen molar-refractivity contribution in [2.75, 3.05) is 7.11 Å². The maximum Gasteiger partial charge on any atom is 0.235 e. The highest BCUT2D eigenvalue weighted by Gasteiger charge is 2.24. The van der Waals surface area contributed by atoms with Crippen LogP contribution in [-0.2, 0) is 11.2 Å². The third-order valence-electron chi connectivity index (χ3n) is 5.14. The number of ether oxygens (including phenoxy) is 2. The smallest absolute Gasteiger partial charge is 0.235 e. The molecule has 0 atom stereocenters. The number of hydrogen-bond acceptors (Lipinski definition) is 5. The van der Waals surface area contributed by atoms with Gasteiger partial charge in [-0.15, -0.1) is 0 Å². The molecule has 1 amide bonds. The number of methoxy groups -OCH3 is 1. The molecule has 0 saturated heterocycles. The van der Waals surface area contributed by atoms with Crippen molar-refractivity contribution in [3.8, 4) is 11.8 Å². The maximum absolute atomic E-state index is 12.4. The summed E-state index contributed by atoms with van der Waals surface area (Å²) in [5.41, 5.74) is 2.35. The lowest BCUT2D eigenvalue weighted by Gasteiger charge is -2.29. The monoisotopic (exact) mass is 383 g/mol. The molecule has 1 aromatic carbocycles. The Labute approximate surface area is 166 Å². The summed E-state index contributed by atoms with van der Waals surface area (Å²) < 4.78 is 11.0. The van der Waals surface area contributed by atoms with E-state index in [1.807, 2.05) is 0 Å². The molecule has 1 heterocycles. The van der Waals surface area contributed by atoms with Gasteiger partial charge in [-0.3, -0.25) is 9.78 Å². The highest BCUT2D eigenvalue weighted by Crippen LogP contribution is 2.23. The summed E-state index contributed by atoms with van der Waals surface area (Å²) in [6.07, 6.45) is 7.24. The highest BCUT2D eigenvalue weighted by atomic mass is 16.5. The summed E-state index contributed by atoms with van der Waals surface area (Å²) in [5.74, 6) is 1.51. The van der Waals surface area contributed by atoms with E-state index >= 15 is 0 Å². The fourth-order valence-corrected chi connectivity index (χ4v) is 3.47. The molecule has 6 nitrogen and oxygen atoms in total. The van der Waals surface area contributed by atoms with Crippen molar-refractivity contribution in [2.24, 2.45) is 0 Å².